The van der Waals surface area contributed by atoms with E-state index >= 15 is 0 Å². The van der Waals surface area contributed by atoms with Gasteiger partial charge in [-0.1, -0.05) is 6.07 Å². The number of esters is 1. The van der Waals surface area contributed by atoms with Gasteiger partial charge >= 0.3 is 12.6 Å². The maximum Gasteiger partial charge on any atom is 0.387 e. The van der Waals surface area contributed by atoms with Gasteiger partial charge in [-0.15, -0.1) is 0 Å². The Morgan fingerprint density at radius 3 is 2.47 bits per heavy atom. The molecule has 34 heavy (non-hydrogen) atoms. The van der Waals surface area contributed by atoms with Crippen molar-refractivity contribution in [3.63, 3.8) is 0 Å². The Hall–Kier alpha value is -3.77. The van der Waals surface area contributed by atoms with Crippen LogP contribution in [0.15, 0.2) is 70.2 Å². The summed E-state index contributed by atoms with van der Waals surface area (Å²) in [5.74, 6) is -1.24. The fraction of sp³-hybridized carbons (Fsp3) is 0.182. The van der Waals surface area contributed by atoms with Crippen molar-refractivity contribution in [1.29, 1.82) is 0 Å². The molecule has 0 aliphatic heterocycles. The van der Waals surface area contributed by atoms with E-state index < -0.39 is 35.1 Å². The predicted molar refractivity (Wildman–Crippen MR) is 116 cm³/mol. The van der Waals surface area contributed by atoms with Crippen molar-refractivity contribution in [2.45, 2.75) is 25.0 Å². The lowest BCUT2D eigenvalue weighted by atomic mass is 10.1. The van der Waals surface area contributed by atoms with E-state index in [1.807, 2.05) is 0 Å². The van der Waals surface area contributed by atoms with E-state index in [4.69, 9.17) is 9.15 Å². The highest BCUT2D eigenvalue weighted by atomic mass is 32.2. The van der Waals surface area contributed by atoms with Crippen LogP contribution in [0.5, 0.6) is 5.75 Å². The number of amides is 1. The van der Waals surface area contributed by atoms with Gasteiger partial charge in [0.15, 0.2) is 6.61 Å². The second kappa shape index (κ2) is 10.9. The molecule has 1 amide bonds. The molecule has 0 bridgehead atoms. The van der Waals surface area contributed by atoms with Gasteiger partial charge in [0.05, 0.1) is 23.3 Å². The smallest absolute Gasteiger partial charge is 0.387 e. The maximum absolute atomic E-state index is 12.5. The second-order valence-corrected chi connectivity index (χ2v) is 8.67. The van der Waals surface area contributed by atoms with Crippen molar-refractivity contribution in [3.05, 3.63) is 77.7 Å². The van der Waals surface area contributed by atoms with E-state index in [-0.39, 0.29) is 28.4 Å². The van der Waals surface area contributed by atoms with E-state index in [1.165, 1.54) is 42.7 Å². The first-order valence-corrected chi connectivity index (χ1v) is 11.3. The van der Waals surface area contributed by atoms with Crippen LogP contribution in [0.25, 0.3) is 0 Å². The number of carbonyl (C=O) groups is 2. The quantitative estimate of drug-likeness (QED) is 0.414. The summed E-state index contributed by atoms with van der Waals surface area (Å²) in [6, 6.07) is 12.3. The van der Waals surface area contributed by atoms with Gasteiger partial charge in [0, 0.05) is 5.69 Å². The average Bonchev–Trinajstić information content (AvgIpc) is 3.31. The SMILES string of the molecule is Cc1ccc(S(=O)(=O)NCc2ccco2)cc1C(=O)OCC(=O)Nc1ccc(OC(F)F)cc1. The molecule has 0 fully saturated rings. The molecular weight excluding hydrogens is 474 g/mol. The Balaban J connectivity index is 1.59. The standard InChI is InChI=1S/C22H20F2N2O7S/c1-14-4-9-18(34(29,30)25-12-17-3-2-10-31-17)11-19(14)21(28)32-13-20(27)26-15-5-7-16(8-6-15)33-22(23)24/h2-11,22,25H,12-13H2,1H3,(H,26,27). The van der Waals surface area contributed by atoms with E-state index in [0.29, 0.717) is 11.3 Å². The molecule has 9 nitrogen and oxygen atoms in total. The Morgan fingerprint density at radius 1 is 1.09 bits per heavy atom. The number of hydrogen-bond donors (Lipinski definition) is 2. The van der Waals surface area contributed by atoms with Gasteiger partial charge in [-0.2, -0.15) is 8.78 Å². The van der Waals surface area contributed by atoms with Crippen LogP contribution in [0, 0.1) is 6.92 Å². The minimum absolute atomic E-state index is 0.0258. The average molecular weight is 494 g/mol. The second-order valence-electron chi connectivity index (χ2n) is 6.91. The molecule has 1 heterocycles. The first-order chi connectivity index (χ1) is 16.1. The van der Waals surface area contributed by atoms with Gasteiger partial charge in [-0.05, 0) is 61.0 Å². The molecule has 0 aliphatic carbocycles. The lowest BCUT2D eigenvalue weighted by molar-refractivity contribution is -0.119. The van der Waals surface area contributed by atoms with Crippen molar-refractivity contribution in [2.24, 2.45) is 0 Å². The molecule has 180 valence electrons. The van der Waals surface area contributed by atoms with E-state index in [9.17, 15) is 26.8 Å². The summed E-state index contributed by atoms with van der Waals surface area (Å²) in [6.07, 6.45) is 1.41. The number of sulfonamides is 1. The zero-order valence-corrected chi connectivity index (χ0v) is 18.6. The summed E-state index contributed by atoms with van der Waals surface area (Å²) in [5, 5.41) is 2.44. The highest BCUT2D eigenvalue weighted by Gasteiger charge is 2.20. The number of anilines is 1. The largest absolute Gasteiger partial charge is 0.468 e. The summed E-state index contributed by atoms with van der Waals surface area (Å²) < 4.78 is 66.1. The third-order valence-corrected chi connectivity index (χ3v) is 5.85. The number of aryl methyl sites for hydroxylation is 1. The zero-order chi connectivity index (χ0) is 24.7. The van der Waals surface area contributed by atoms with Crippen LogP contribution in [-0.4, -0.2) is 33.5 Å². The van der Waals surface area contributed by atoms with E-state index in [1.54, 1.807) is 19.1 Å². The van der Waals surface area contributed by atoms with Gasteiger partial charge in [-0.25, -0.2) is 17.9 Å². The van der Waals surface area contributed by atoms with Crippen molar-refractivity contribution in [3.8, 4) is 5.75 Å². The Morgan fingerprint density at radius 2 is 1.82 bits per heavy atom. The molecular formula is C22H20F2N2O7S. The molecule has 0 aliphatic rings. The van der Waals surface area contributed by atoms with Crippen molar-refractivity contribution in [1.82, 2.24) is 4.72 Å². The Bertz CT molecular complexity index is 1240. The third-order valence-electron chi connectivity index (χ3n) is 4.45. The first-order valence-electron chi connectivity index (χ1n) is 9.78. The van der Waals surface area contributed by atoms with Gasteiger partial charge in [0.25, 0.3) is 5.91 Å². The van der Waals surface area contributed by atoms with Gasteiger partial charge in [0.2, 0.25) is 10.0 Å². The summed E-state index contributed by atoms with van der Waals surface area (Å²) in [4.78, 5) is 24.4. The van der Waals surface area contributed by atoms with Crippen LogP contribution >= 0.6 is 0 Å². The van der Waals surface area contributed by atoms with Crippen LogP contribution in [0.4, 0.5) is 14.5 Å². The lowest BCUT2D eigenvalue weighted by Crippen LogP contribution is -2.24. The fourth-order valence-corrected chi connectivity index (χ4v) is 3.80. The Kier molecular flexibility index (Phi) is 7.97. The molecule has 0 unspecified atom stereocenters. The van der Waals surface area contributed by atoms with Crippen LogP contribution in [-0.2, 0) is 26.1 Å². The predicted octanol–water partition coefficient (Wildman–Crippen LogP) is 3.46. The number of nitrogens with one attached hydrogen (secondary N) is 2. The number of halogens is 2. The van der Waals surface area contributed by atoms with E-state index in [0.717, 1.165) is 6.07 Å². The molecule has 12 heteroatoms. The molecule has 3 rings (SSSR count). The molecule has 1 aromatic heterocycles. The molecule has 0 saturated carbocycles. The normalized spacial score (nSPS) is 11.3. The molecule has 0 atom stereocenters. The first kappa shape index (κ1) is 24.9. The van der Waals surface area contributed by atoms with E-state index in [2.05, 4.69) is 14.8 Å². The maximum atomic E-state index is 12.5. The molecule has 2 aromatic carbocycles. The minimum Gasteiger partial charge on any atom is -0.468 e. The zero-order valence-electron chi connectivity index (χ0n) is 17.8. The third kappa shape index (κ3) is 6.86. The van der Waals surface area contributed by atoms with Crippen LogP contribution in [0.1, 0.15) is 21.7 Å². The van der Waals surface area contributed by atoms with Crippen LogP contribution in [0.2, 0.25) is 0 Å². The number of ether oxygens (including phenoxy) is 2. The topological polar surface area (TPSA) is 124 Å². The van der Waals surface area contributed by atoms with Crippen molar-refractivity contribution in [2.75, 3.05) is 11.9 Å². The number of hydrogen-bond acceptors (Lipinski definition) is 7. The Labute approximate surface area is 193 Å². The number of alkyl halides is 2. The number of benzene rings is 2. The summed E-state index contributed by atoms with van der Waals surface area (Å²) >= 11 is 0. The summed E-state index contributed by atoms with van der Waals surface area (Å²) in [6.45, 7) is -2.10. The van der Waals surface area contributed by atoms with Crippen LogP contribution in [0.3, 0.4) is 0 Å². The molecule has 0 radical (unpaired) electrons. The molecule has 3 aromatic rings. The number of furan rings is 1. The number of rotatable bonds is 10. The van der Waals surface area contributed by atoms with Crippen LogP contribution < -0.4 is 14.8 Å². The van der Waals surface area contributed by atoms with Gasteiger partial charge in [0.1, 0.15) is 11.5 Å². The van der Waals surface area contributed by atoms with Gasteiger partial charge in [-0.3, -0.25) is 4.79 Å². The highest BCUT2D eigenvalue weighted by molar-refractivity contribution is 7.89. The summed E-state index contributed by atoms with van der Waals surface area (Å²) in [5.41, 5.74) is 0.696. The molecule has 0 saturated heterocycles. The van der Waals surface area contributed by atoms with Crippen molar-refractivity contribution >= 4 is 27.6 Å². The minimum atomic E-state index is -3.95. The van der Waals surface area contributed by atoms with Gasteiger partial charge < -0.3 is 19.2 Å². The number of carbonyl (C=O) groups excluding carboxylic acids is 2. The van der Waals surface area contributed by atoms with Crippen molar-refractivity contribution < 1.29 is 40.7 Å². The molecule has 0 spiro atoms. The lowest BCUT2D eigenvalue weighted by Gasteiger charge is -2.11. The molecule has 2 N–H and O–H groups in total. The highest BCUT2D eigenvalue weighted by Crippen LogP contribution is 2.19. The monoisotopic (exact) mass is 494 g/mol. The summed E-state index contributed by atoms with van der Waals surface area (Å²) in [7, 11) is -3.95. The fourth-order valence-electron chi connectivity index (χ4n) is 2.78.